The van der Waals surface area contributed by atoms with Gasteiger partial charge in [-0.1, -0.05) is 46.0 Å². The molecule has 0 amide bonds. The summed E-state index contributed by atoms with van der Waals surface area (Å²) in [6.45, 7) is 10.1. The van der Waals surface area contributed by atoms with Crippen LogP contribution < -0.4 is 0 Å². The molecule has 8 heteroatoms. The van der Waals surface area contributed by atoms with Gasteiger partial charge in [0.1, 0.15) is 11.3 Å². The Hall–Kier alpha value is -1.80. The molecule has 1 aromatic heterocycles. The second kappa shape index (κ2) is 11.2. The number of hydrogen-bond donors (Lipinski definition) is 1. The zero-order valence-corrected chi connectivity index (χ0v) is 20.7. The molecule has 1 aliphatic heterocycles. The lowest BCUT2D eigenvalue weighted by Gasteiger charge is -2.20. The Labute approximate surface area is 193 Å². The minimum absolute atomic E-state index is 0.0236. The van der Waals surface area contributed by atoms with Crippen LogP contribution in [0.2, 0.25) is 0 Å². The molecule has 6 nitrogen and oxygen atoms in total. The molecule has 0 unspecified atom stereocenters. The van der Waals surface area contributed by atoms with Gasteiger partial charge in [0.25, 0.3) is 0 Å². The average molecular weight is 462 g/mol. The number of ketones is 1. The first-order valence-electron chi connectivity index (χ1n) is 11.4. The van der Waals surface area contributed by atoms with Crippen molar-refractivity contribution < 1.29 is 14.5 Å². The number of thiazole rings is 1. The maximum Gasteiger partial charge on any atom is 0.387 e. The van der Waals surface area contributed by atoms with E-state index < -0.39 is 0 Å². The number of carbonyl (C=O) groups excluding carboxylic acids is 1. The topological polar surface area (TPSA) is 77.9 Å². The molecule has 0 radical (unpaired) electrons. The summed E-state index contributed by atoms with van der Waals surface area (Å²) in [6, 6.07) is 0. The summed E-state index contributed by atoms with van der Waals surface area (Å²) >= 11 is 2.83. The summed E-state index contributed by atoms with van der Waals surface area (Å²) in [5, 5.41) is 21.5. The number of unbranched alkanes of at least 4 members (excludes halogenated alkanes) is 6. The third kappa shape index (κ3) is 5.52. The Morgan fingerprint density at radius 3 is 2.23 bits per heavy atom. The van der Waals surface area contributed by atoms with Crippen LogP contribution in [0.3, 0.4) is 0 Å². The molecular weight excluding hydrogens is 428 g/mol. The summed E-state index contributed by atoms with van der Waals surface area (Å²) in [5.74, 6) is -0.140. The van der Waals surface area contributed by atoms with Crippen LogP contribution in [-0.4, -0.2) is 38.7 Å². The van der Waals surface area contributed by atoms with Crippen molar-refractivity contribution in [1.82, 2.24) is 4.98 Å². The molecule has 1 N–H and O–H groups in total. The Morgan fingerprint density at radius 2 is 1.58 bits per heavy atom. The van der Waals surface area contributed by atoms with Crippen LogP contribution in [0.5, 0.6) is 0 Å². The quantitative estimate of drug-likeness (QED) is 0.230. The van der Waals surface area contributed by atoms with Crippen LogP contribution in [0.15, 0.2) is 26.6 Å². The monoisotopic (exact) mass is 461 g/mol. The van der Waals surface area contributed by atoms with Gasteiger partial charge in [0.15, 0.2) is 5.03 Å². The van der Waals surface area contributed by atoms with Gasteiger partial charge in [0.05, 0.1) is 39.4 Å². The molecule has 1 aliphatic carbocycles. The first kappa shape index (κ1) is 23.9. The van der Waals surface area contributed by atoms with Gasteiger partial charge in [0, 0.05) is 11.8 Å². The number of aryl methyl sites for hydroxylation is 2. The van der Waals surface area contributed by atoms with Crippen LogP contribution in [0, 0.1) is 13.8 Å². The zero-order chi connectivity index (χ0) is 22.4. The highest BCUT2D eigenvalue weighted by Crippen LogP contribution is 2.45. The van der Waals surface area contributed by atoms with Gasteiger partial charge in [-0.3, -0.25) is 9.37 Å². The number of nitrogens with zero attached hydrogens (tertiary/aromatic N) is 4. The van der Waals surface area contributed by atoms with Crippen molar-refractivity contribution in [2.75, 3.05) is 13.1 Å². The number of carbonyl (C=O) groups is 1. The van der Waals surface area contributed by atoms with Crippen LogP contribution in [-0.2, 0) is 4.79 Å². The minimum Gasteiger partial charge on any atom is -0.506 e. The molecule has 2 heterocycles. The molecule has 2 aliphatic rings. The fraction of sp³-hybridized carbons (Fsp3) is 0.609. The normalized spacial score (nSPS) is 20.1. The van der Waals surface area contributed by atoms with Gasteiger partial charge in [-0.05, 0) is 38.2 Å². The van der Waals surface area contributed by atoms with E-state index in [0.29, 0.717) is 16.2 Å². The van der Waals surface area contributed by atoms with E-state index in [9.17, 15) is 9.90 Å². The van der Waals surface area contributed by atoms with E-state index in [-0.39, 0.29) is 11.5 Å². The third-order valence-corrected chi connectivity index (χ3v) is 7.61. The van der Waals surface area contributed by atoms with E-state index in [2.05, 4.69) is 33.6 Å². The van der Waals surface area contributed by atoms with Crippen LogP contribution in [0.4, 0.5) is 0 Å². The van der Waals surface area contributed by atoms with Crippen molar-refractivity contribution in [2.45, 2.75) is 79.1 Å². The number of hydrogen-bond acceptors (Lipinski definition) is 6. The number of rotatable bonds is 11. The standard InChI is InChI=1S/C23H32N4O2S2/c1-5-7-9-10-11-12-14-27(13-8-6-2)23-26-25-22(31-23)18-19(28)17(20(18)29)21-15(3)24-16(4)30-21/h5-14H2,1-4H3/p+1. The van der Waals surface area contributed by atoms with Crippen molar-refractivity contribution in [3.8, 4) is 0 Å². The molecule has 0 spiro atoms. The second-order valence-electron chi connectivity index (χ2n) is 8.07. The molecule has 0 fully saturated rings. The van der Waals surface area contributed by atoms with Gasteiger partial charge in [-0.15, -0.1) is 11.3 Å². The first-order valence-corrected chi connectivity index (χ1v) is 13.0. The molecular formula is C23H33N4O2S2+. The molecule has 31 heavy (non-hydrogen) atoms. The van der Waals surface area contributed by atoms with Crippen LogP contribution in [0.1, 0.15) is 80.8 Å². The lowest BCUT2D eigenvalue weighted by atomic mass is 9.87. The number of aromatic nitrogens is 1. The average Bonchev–Trinajstić information content (AvgIpc) is 3.33. The summed E-state index contributed by atoms with van der Waals surface area (Å²) < 4.78 is 2.28. The van der Waals surface area contributed by atoms with E-state index in [1.54, 1.807) is 0 Å². The highest BCUT2D eigenvalue weighted by molar-refractivity contribution is 8.17. The number of thioether (sulfide) groups is 1. The molecule has 1 aromatic rings. The van der Waals surface area contributed by atoms with Gasteiger partial charge < -0.3 is 5.11 Å². The smallest absolute Gasteiger partial charge is 0.387 e. The second-order valence-corrected chi connectivity index (χ2v) is 10.2. The fourth-order valence-corrected chi connectivity index (χ4v) is 5.66. The van der Waals surface area contributed by atoms with Gasteiger partial charge in [-0.25, -0.2) is 4.98 Å². The van der Waals surface area contributed by atoms with Crippen molar-refractivity contribution in [2.24, 2.45) is 10.2 Å². The molecule has 3 rings (SSSR count). The summed E-state index contributed by atoms with van der Waals surface area (Å²) in [4.78, 5) is 18.0. The van der Waals surface area contributed by atoms with Gasteiger partial charge in [0.2, 0.25) is 5.78 Å². The van der Waals surface area contributed by atoms with Crippen molar-refractivity contribution >= 4 is 39.6 Å². The number of Topliss-reactive ketones (excluding diaryl/α,β-unsaturated/α-hetero) is 1. The molecule has 0 atom stereocenters. The maximum atomic E-state index is 12.8. The molecule has 0 saturated carbocycles. The molecule has 0 bridgehead atoms. The first-order chi connectivity index (χ1) is 15.0. The number of aliphatic hydroxyl groups excluding tert-OH is 1. The number of aliphatic hydroxyl groups is 1. The lowest BCUT2D eigenvalue weighted by molar-refractivity contribution is -0.527. The maximum absolute atomic E-state index is 12.8. The lowest BCUT2D eigenvalue weighted by Crippen LogP contribution is -2.22. The van der Waals surface area contributed by atoms with E-state index in [0.717, 1.165) is 53.1 Å². The van der Waals surface area contributed by atoms with Crippen molar-refractivity contribution in [3.63, 3.8) is 0 Å². The van der Waals surface area contributed by atoms with E-state index in [1.807, 2.05) is 13.8 Å². The van der Waals surface area contributed by atoms with E-state index >= 15 is 0 Å². The SMILES string of the molecule is CCCCCCCC/[N+](CCCC)=C1N=N/C(=C2/C(=O)C(c3sc(C)nc3C)=C2O)S\1. The predicted octanol–water partition coefficient (Wildman–Crippen LogP) is 6.55. The fourth-order valence-electron chi connectivity index (χ4n) is 3.75. The molecule has 0 saturated heterocycles. The minimum atomic E-state index is -0.164. The predicted molar refractivity (Wildman–Crippen MR) is 129 cm³/mol. The Kier molecular flexibility index (Phi) is 8.60. The summed E-state index contributed by atoms with van der Waals surface area (Å²) in [5.41, 5.74) is 1.43. The van der Waals surface area contributed by atoms with Crippen LogP contribution >= 0.6 is 23.1 Å². The largest absolute Gasteiger partial charge is 0.506 e. The van der Waals surface area contributed by atoms with E-state index in [4.69, 9.17) is 0 Å². The van der Waals surface area contributed by atoms with Gasteiger partial charge in [-0.2, -0.15) is 0 Å². The Balaban J connectivity index is 1.73. The van der Waals surface area contributed by atoms with E-state index in [1.165, 1.54) is 55.2 Å². The number of azo groups is 1. The van der Waals surface area contributed by atoms with Crippen molar-refractivity contribution in [1.29, 1.82) is 0 Å². The number of amidine groups is 1. The Morgan fingerprint density at radius 1 is 0.903 bits per heavy atom. The van der Waals surface area contributed by atoms with Crippen LogP contribution in [0.25, 0.3) is 5.57 Å². The zero-order valence-electron chi connectivity index (χ0n) is 19.0. The Bertz CT molecular complexity index is 957. The summed E-state index contributed by atoms with van der Waals surface area (Å²) in [6.07, 6.45) is 9.74. The summed E-state index contributed by atoms with van der Waals surface area (Å²) in [7, 11) is 0. The highest BCUT2D eigenvalue weighted by Gasteiger charge is 2.42. The number of allylic oxidation sites excluding steroid dienone is 2. The van der Waals surface area contributed by atoms with Crippen molar-refractivity contribution in [3.05, 3.63) is 31.9 Å². The van der Waals surface area contributed by atoms with Gasteiger partial charge >= 0.3 is 5.17 Å². The highest BCUT2D eigenvalue weighted by atomic mass is 32.2. The third-order valence-electron chi connectivity index (χ3n) is 5.52. The molecule has 0 aromatic carbocycles. The molecule has 168 valence electrons.